The molecule has 0 unspecified atom stereocenters. The van der Waals surface area contributed by atoms with Crippen LogP contribution in [0, 0.1) is 6.92 Å². The molecule has 2 aromatic rings. The molecule has 2 aromatic carbocycles. The smallest absolute Gasteiger partial charge is 0.122 e. The fourth-order valence-electron chi connectivity index (χ4n) is 2.25. The molecule has 154 valence electrons. The van der Waals surface area contributed by atoms with Gasteiger partial charge in [-0.15, -0.1) is 11.8 Å². The van der Waals surface area contributed by atoms with E-state index >= 15 is 0 Å². The third-order valence-corrected chi connectivity index (χ3v) is 4.28. The van der Waals surface area contributed by atoms with Crippen LogP contribution in [-0.2, 0) is 0 Å². The third kappa shape index (κ3) is 11.1. The number of hydrogen-bond acceptors (Lipinski definition) is 2. The van der Waals surface area contributed by atoms with Crippen molar-refractivity contribution in [1.82, 2.24) is 0 Å². The Hall–Kier alpha value is -1.41. The molecule has 0 N–H and O–H groups in total. The van der Waals surface area contributed by atoms with Gasteiger partial charge in [-0.3, -0.25) is 0 Å². The van der Waals surface area contributed by atoms with E-state index in [0.29, 0.717) is 0 Å². The fourth-order valence-corrected chi connectivity index (χ4v) is 2.97. The lowest BCUT2D eigenvalue weighted by Crippen LogP contribution is -1.98. The molecule has 1 nitrogen and oxygen atoms in total. The minimum atomic E-state index is 0.805. The van der Waals surface area contributed by atoms with Gasteiger partial charge in [0, 0.05) is 4.90 Å². The summed E-state index contributed by atoms with van der Waals surface area (Å²) in [7, 11) is 0. The van der Waals surface area contributed by atoms with Crippen LogP contribution >= 0.6 is 11.8 Å². The van der Waals surface area contributed by atoms with Gasteiger partial charge in [0.05, 0.1) is 6.61 Å². The van der Waals surface area contributed by atoms with E-state index in [0.717, 1.165) is 24.5 Å². The molecule has 0 bridgehead atoms. The van der Waals surface area contributed by atoms with Gasteiger partial charge >= 0.3 is 0 Å². The largest absolute Gasteiger partial charge is 0.493 e. The van der Waals surface area contributed by atoms with Crippen molar-refractivity contribution in [3.8, 4) is 16.9 Å². The van der Waals surface area contributed by atoms with Crippen LogP contribution < -0.4 is 4.74 Å². The van der Waals surface area contributed by atoms with Crippen molar-refractivity contribution in [2.75, 3.05) is 12.4 Å². The zero-order chi connectivity index (χ0) is 21.1. The lowest BCUT2D eigenvalue weighted by Gasteiger charge is -2.11. The van der Waals surface area contributed by atoms with Gasteiger partial charge in [-0.05, 0) is 60.1 Å². The second kappa shape index (κ2) is 19.4. The van der Waals surface area contributed by atoms with Crippen LogP contribution in [0.2, 0.25) is 0 Å². The molecular weight excluding hydrogens is 348 g/mol. The maximum absolute atomic E-state index is 5.83. The van der Waals surface area contributed by atoms with Gasteiger partial charge in [-0.25, -0.2) is 0 Å². The lowest BCUT2D eigenvalue weighted by atomic mass is 10.0. The molecule has 27 heavy (non-hydrogen) atoms. The summed E-state index contributed by atoms with van der Waals surface area (Å²) in [4.78, 5) is 1.33. The highest BCUT2D eigenvalue weighted by molar-refractivity contribution is 7.99. The first-order chi connectivity index (χ1) is 13.2. The molecule has 0 aromatic heterocycles. The predicted octanol–water partition coefficient (Wildman–Crippen LogP) is 9.03. The highest BCUT2D eigenvalue weighted by Crippen LogP contribution is 2.29. The maximum atomic E-state index is 5.83. The van der Waals surface area contributed by atoms with Crippen molar-refractivity contribution in [3.63, 3.8) is 0 Å². The summed E-state index contributed by atoms with van der Waals surface area (Å²) < 4.78 is 5.83. The summed E-state index contributed by atoms with van der Waals surface area (Å²) >= 11 is 1.88. The first kappa shape index (κ1) is 27.8. The van der Waals surface area contributed by atoms with Crippen molar-refractivity contribution in [2.24, 2.45) is 0 Å². The highest BCUT2D eigenvalue weighted by atomic mass is 32.2. The quantitative estimate of drug-likeness (QED) is 0.344. The fraction of sp³-hybridized carbons (Fsp3) is 0.520. The number of hydrogen-bond donors (Lipinski definition) is 0. The van der Waals surface area contributed by atoms with Crippen molar-refractivity contribution in [2.45, 2.75) is 80.1 Å². The Bertz CT molecular complexity index is 578. The van der Waals surface area contributed by atoms with E-state index in [2.05, 4.69) is 63.2 Å². The zero-order valence-electron chi connectivity index (χ0n) is 19.2. The number of thioether (sulfide) groups is 1. The predicted molar refractivity (Wildman–Crippen MR) is 127 cm³/mol. The molecule has 0 spiro atoms. The molecular formula is C25H42OS. The Labute approximate surface area is 173 Å². The maximum Gasteiger partial charge on any atom is 0.122 e. The van der Waals surface area contributed by atoms with E-state index < -0.39 is 0 Å². The Morgan fingerprint density at radius 3 is 2.00 bits per heavy atom. The van der Waals surface area contributed by atoms with Crippen LogP contribution in [-0.4, -0.2) is 12.4 Å². The number of aryl methyl sites for hydroxylation is 1. The Morgan fingerprint density at radius 1 is 0.815 bits per heavy atom. The van der Waals surface area contributed by atoms with Gasteiger partial charge in [-0.1, -0.05) is 80.0 Å². The molecule has 0 saturated heterocycles. The molecule has 0 heterocycles. The van der Waals surface area contributed by atoms with E-state index in [1.165, 1.54) is 28.0 Å². The summed E-state index contributed by atoms with van der Waals surface area (Å²) in [6.45, 7) is 19.3. The van der Waals surface area contributed by atoms with Gasteiger partial charge in [0.15, 0.2) is 0 Å². The minimum absolute atomic E-state index is 0.805. The summed E-state index contributed by atoms with van der Waals surface area (Å²) in [5.41, 5.74) is 3.74. The average Bonchev–Trinajstić information content (AvgIpc) is 2.74. The summed E-state index contributed by atoms with van der Waals surface area (Å²) in [5.74, 6) is 2.11. The SMILES string of the molecule is CC.CC.CC.CCCCOc1ccc(-c2cccc(SCC)c2)cc1C. The van der Waals surface area contributed by atoms with Crippen LogP contribution in [0.4, 0.5) is 0 Å². The van der Waals surface area contributed by atoms with Crippen LogP contribution in [0.3, 0.4) is 0 Å². The molecule has 0 fully saturated rings. The van der Waals surface area contributed by atoms with E-state index in [1.54, 1.807) is 0 Å². The number of benzene rings is 2. The Balaban J connectivity index is 0. The molecule has 2 rings (SSSR count). The molecule has 0 radical (unpaired) electrons. The van der Waals surface area contributed by atoms with Gasteiger partial charge in [0.25, 0.3) is 0 Å². The first-order valence-electron chi connectivity index (χ1n) is 10.7. The van der Waals surface area contributed by atoms with Crippen LogP contribution in [0.1, 0.15) is 73.8 Å². The normalized spacial score (nSPS) is 8.93. The first-order valence-corrected chi connectivity index (χ1v) is 11.7. The third-order valence-electron chi connectivity index (χ3n) is 3.41. The van der Waals surface area contributed by atoms with E-state index in [-0.39, 0.29) is 0 Å². The summed E-state index contributed by atoms with van der Waals surface area (Å²) in [5, 5.41) is 0. The number of ether oxygens (including phenoxy) is 1. The lowest BCUT2D eigenvalue weighted by molar-refractivity contribution is 0.307. The second-order valence-corrected chi connectivity index (χ2v) is 6.48. The standard InChI is InChI=1S/C19H24OS.3C2H6/c1-4-6-12-20-19-11-10-17(13-15(19)3)16-8-7-9-18(14-16)21-5-2;3*1-2/h7-11,13-14H,4-6,12H2,1-3H3;3*1-2H3. The van der Waals surface area contributed by atoms with Crippen LogP contribution in [0.5, 0.6) is 5.75 Å². The minimum Gasteiger partial charge on any atom is -0.493 e. The average molecular weight is 391 g/mol. The van der Waals surface area contributed by atoms with Crippen LogP contribution in [0.15, 0.2) is 47.4 Å². The highest BCUT2D eigenvalue weighted by Gasteiger charge is 2.04. The molecule has 0 aliphatic carbocycles. The van der Waals surface area contributed by atoms with Crippen molar-refractivity contribution < 1.29 is 4.74 Å². The molecule has 0 saturated carbocycles. The van der Waals surface area contributed by atoms with Gasteiger partial charge in [-0.2, -0.15) is 0 Å². The summed E-state index contributed by atoms with van der Waals surface area (Å²) in [6, 6.07) is 15.2. The van der Waals surface area contributed by atoms with E-state index in [4.69, 9.17) is 4.74 Å². The van der Waals surface area contributed by atoms with E-state index in [1.807, 2.05) is 53.3 Å². The topological polar surface area (TPSA) is 9.23 Å². The van der Waals surface area contributed by atoms with Gasteiger partial charge in [0.2, 0.25) is 0 Å². The van der Waals surface area contributed by atoms with Gasteiger partial charge in [0.1, 0.15) is 5.75 Å². The van der Waals surface area contributed by atoms with Gasteiger partial charge < -0.3 is 4.74 Å². The van der Waals surface area contributed by atoms with E-state index in [9.17, 15) is 0 Å². The molecule has 2 heteroatoms. The van der Waals surface area contributed by atoms with Crippen molar-refractivity contribution in [1.29, 1.82) is 0 Å². The Kier molecular flexibility index (Phi) is 19.9. The second-order valence-electron chi connectivity index (χ2n) is 5.14. The number of rotatable bonds is 7. The zero-order valence-corrected chi connectivity index (χ0v) is 20.0. The Morgan fingerprint density at radius 2 is 1.44 bits per heavy atom. The monoisotopic (exact) mass is 390 g/mol. The molecule has 0 aliphatic heterocycles. The molecule has 0 aliphatic rings. The summed E-state index contributed by atoms with van der Waals surface area (Å²) in [6.07, 6.45) is 2.27. The number of unbranched alkanes of at least 4 members (excludes halogenated alkanes) is 1. The molecule has 0 atom stereocenters. The van der Waals surface area contributed by atoms with Crippen molar-refractivity contribution >= 4 is 11.8 Å². The van der Waals surface area contributed by atoms with Crippen LogP contribution in [0.25, 0.3) is 11.1 Å². The van der Waals surface area contributed by atoms with Crippen molar-refractivity contribution in [3.05, 3.63) is 48.0 Å². The molecule has 0 amide bonds.